The number of esters is 1. The van der Waals surface area contributed by atoms with Gasteiger partial charge >= 0.3 is 5.97 Å². The zero-order chi connectivity index (χ0) is 21.3. The Labute approximate surface area is 167 Å². The third-order valence-electron chi connectivity index (χ3n) is 9.13. The highest BCUT2D eigenvalue weighted by atomic mass is 16.6. The molecule has 1 spiro atoms. The number of hydrogen-bond acceptors (Lipinski definition) is 9. The first-order valence-corrected chi connectivity index (χ1v) is 10.0. The molecule has 2 saturated heterocycles. The fraction of sp³-hybridized carbons (Fsp3) is 0.850. The molecule has 4 fully saturated rings. The van der Waals surface area contributed by atoms with Crippen molar-refractivity contribution in [1.82, 2.24) is 0 Å². The van der Waals surface area contributed by atoms with Crippen molar-refractivity contribution in [2.75, 3.05) is 6.61 Å². The molecule has 9 nitrogen and oxygen atoms in total. The summed E-state index contributed by atoms with van der Waals surface area (Å²) in [5.41, 5.74) is -5.93. The van der Waals surface area contributed by atoms with E-state index in [0.717, 1.165) is 5.57 Å². The van der Waals surface area contributed by atoms with Crippen LogP contribution in [0.25, 0.3) is 0 Å². The van der Waals surface area contributed by atoms with Crippen molar-refractivity contribution >= 4 is 5.97 Å². The Kier molecular flexibility index (Phi) is 3.70. The summed E-state index contributed by atoms with van der Waals surface area (Å²) in [6.07, 6.45) is -6.71. The van der Waals surface area contributed by atoms with Crippen LogP contribution in [0.3, 0.4) is 0 Å². The molecule has 29 heavy (non-hydrogen) atoms. The van der Waals surface area contributed by atoms with Crippen molar-refractivity contribution in [3.63, 3.8) is 0 Å². The lowest BCUT2D eigenvalue weighted by Crippen LogP contribution is -2.86. The number of carbonyl (C=O) groups excluding carboxylic acids is 1. The Hall–Kier alpha value is -1.07. The maximum Gasteiger partial charge on any atom is 0.338 e. The number of hydrogen-bond donors (Lipinski definition) is 6. The number of fused-ring (bicyclic) bond motifs is 2. The zero-order valence-electron chi connectivity index (χ0n) is 16.5. The molecule has 3 aliphatic carbocycles. The molecule has 0 aromatic rings. The first kappa shape index (κ1) is 19.9. The van der Waals surface area contributed by atoms with Gasteiger partial charge in [-0.3, -0.25) is 0 Å². The second-order valence-electron chi connectivity index (χ2n) is 9.94. The van der Waals surface area contributed by atoms with E-state index >= 15 is 0 Å². The van der Waals surface area contributed by atoms with Crippen molar-refractivity contribution in [3.8, 4) is 0 Å². The summed E-state index contributed by atoms with van der Waals surface area (Å²) in [5, 5.41) is 66.5. The molecular weight excluding hydrogens is 384 g/mol. The highest BCUT2D eigenvalue weighted by molar-refractivity contribution is 5.79. The van der Waals surface area contributed by atoms with Gasteiger partial charge in [-0.05, 0) is 26.2 Å². The predicted molar refractivity (Wildman–Crippen MR) is 95.1 cm³/mol. The SMILES string of the molecule is CC1=CC(O)C(O)[C@]2(C)C3C(O)C(O)[C@@]4(C)OC[C@@]35[C@H](C[C@H]12)OC(=O)C(O)[C@]54O. The summed E-state index contributed by atoms with van der Waals surface area (Å²) in [5.74, 6) is -2.42. The van der Waals surface area contributed by atoms with Gasteiger partial charge in [-0.25, -0.2) is 4.79 Å². The number of rotatable bonds is 0. The average Bonchev–Trinajstić information content (AvgIpc) is 2.85. The van der Waals surface area contributed by atoms with Crippen LogP contribution in [0.4, 0.5) is 0 Å². The van der Waals surface area contributed by atoms with Crippen LogP contribution < -0.4 is 0 Å². The monoisotopic (exact) mass is 412 g/mol. The molecule has 0 aromatic heterocycles. The van der Waals surface area contributed by atoms with E-state index in [-0.39, 0.29) is 18.9 Å². The zero-order valence-corrected chi connectivity index (χ0v) is 16.5. The maximum atomic E-state index is 12.5. The van der Waals surface area contributed by atoms with Gasteiger partial charge in [0.05, 0.1) is 30.3 Å². The van der Waals surface area contributed by atoms with Crippen molar-refractivity contribution in [1.29, 1.82) is 0 Å². The third-order valence-corrected chi connectivity index (χ3v) is 9.13. The number of allylic oxidation sites excluding steroid dienone is 1. The molecule has 2 saturated carbocycles. The molecule has 2 aliphatic heterocycles. The Bertz CT molecular complexity index is 814. The van der Waals surface area contributed by atoms with Gasteiger partial charge < -0.3 is 40.1 Å². The van der Waals surface area contributed by atoms with Crippen LogP contribution in [0.15, 0.2) is 11.6 Å². The summed E-state index contributed by atoms with van der Waals surface area (Å²) < 4.78 is 11.4. The van der Waals surface area contributed by atoms with E-state index in [4.69, 9.17) is 9.47 Å². The van der Waals surface area contributed by atoms with Crippen LogP contribution in [0.5, 0.6) is 0 Å². The van der Waals surface area contributed by atoms with Crippen LogP contribution in [0.2, 0.25) is 0 Å². The van der Waals surface area contributed by atoms with Gasteiger partial charge in [0.2, 0.25) is 0 Å². The Balaban J connectivity index is 1.82. The average molecular weight is 412 g/mol. The molecule has 6 unspecified atom stereocenters. The molecule has 2 heterocycles. The maximum absolute atomic E-state index is 12.5. The minimum absolute atomic E-state index is 0.179. The molecule has 5 rings (SSSR count). The summed E-state index contributed by atoms with van der Waals surface area (Å²) in [4.78, 5) is 12.5. The van der Waals surface area contributed by atoms with Gasteiger partial charge in [0, 0.05) is 11.3 Å². The Morgan fingerprint density at radius 1 is 1.10 bits per heavy atom. The smallest absolute Gasteiger partial charge is 0.338 e. The lowest BCUT2D eigenvalue weighted by Gasteiger charge is -2.70. The van der Waals surface area contributed by atoms with Crippen LogP contribution in [-0.2, 0) is 14.3 Å². The molecule has 0 amide bonds. The van der Waals surface area contributed by atoms with Crippen LogP contribution in [-0.4, -0.2) is 91.0 Å². The number of carbonyl (C=O) groups is 1. The highest BCUT2D eigenvalue weighted by Crippen LogP contribution is 2.73. The normalized spacial score (nSPS) is 63.3. The molecule has 5 aliphatic rings. The molecule has 12 atom stereocenters. The van der Waals surface area contributed by atoms with Crippen molar-refractivity contribution < 1.29 is 44.9 Å². The molecule has 2 bridgehead atoms. The van der Waals surface area contributed by atoms with Crippen LogP contribution in [0, 0.1) is 22.7 Å². The van der Waals surface area contributed by atoms with E-state index in [1.165, 1.54) is 6.92 Å². The fourth-order valence-corrected chi connectivity index (χ4v) is 7.72. The van der Waals surface area contributed by atoms with E-state index in [9.17, 15) is 35.4 Å². The lowest BCUT2D eigenvalue weighted by atomic mass is 9.36. The van der Waals surface area contributed by atoms with Gasteiger partial charge in [-0.2, -0.15) is 0 Å². The second-order valence-corrected chi connectivity index (χ2v) is 9.94. The van der Waals surface area contributed by atoms with Crippen LogP contribution >= 0.6 is 0 Å². The standard InChI is InChI=1S/C20H28O9/c1-7-4-9(21)13(23)17(2)8(7)5-10-19-6-28-18(3,14(24)11(22)12(17)19)20(19,27)15(25)16(26)29-10/h4,8-15,21-25,27H,5-6H2,1-3H3/t8-,9?,10+,11?,12?,13?,14?,15?,17+,18-,19-,20-/m1/s1. The Morgan fingerprint density at radius 2 is 1.76 bits per heavy atom. The van der Waals surface area contributed by atoms with Crippen molar-refractivity contribution in [3.05, 3.63) is 11.6 Å². The van der Waals surface area contributed by atoms with E-state index in [1.54, 1.807) is 19.9 Å². The minimum Gasteiger partial charge on any atom is -0.460 e. The molecule has 9 heteroatoms. The molecular formula is C20H28O9. The molecule has 0 aromatic carbocycles. The van der Waals surface area contributed by atoms with Crippen LogP contribution in [0.1, 0.15) is 27.2 Å². The number of ether oxygens (including phenoxy) is 2. The topological polar surface area (TPSA) is 157 Å². The molecule has 6 N–H and O–H groups in total. The van der Waals surface area contributed by atoms with Gasteiger partial charge in [-0.1, -0.05) is 18.6 Å². The number of aliphatic hydroxyl groups is 6. The van der Waals surface area contributed by atoms with Gasteiger partial charge in [0.25, 0.3) is 0 Å². The molecule has 0 radical (unpaired) electrons. The first-order valence-electron chi connectivity index (χ1n) is 10.0. The number of aliphatic hydroxyl groups excluding tert-OH is 5. The third kappa shape index (κ3) is 1.75. The Morgan fingerprint density at radius 3 is 2.41 bits per heavy atom. The van der Waals surface area contributed by atoms with E-state index in [1.807, 2.05) is 0 Å². The summed E-state index contributed by atoms with van der Waals surface area (Å²) >= 11 is 0. The highest BCUT2D eigenvalue weighted by Gasteiger charge is 2.88. The fourth-order valence-electron chi connectivity index (χ4n) is 7.72. The largest absolute Gasteiger partial charge is 0.460 e. The van der Waals surface area contributed by atoms with Gasteiger partial charge in [-0.15, -0.1) is 0 Å². The second kappa shape index (κ2) is 5.40. The van der Waals surface area contributed by atoms with E-state index < -0.39 is 70.5 Å². The van der Waals surface area contributed by atoms with Gasteiger partial charge in [0.15, 0.2) is 6.10 Å². The lowest BCUT2D eigenvalue weighted by molar-refractivity contribution is -0.355. The van der Waals surface area contributed by atoms with E-state index in [0.29, 0.717) is 0 Å². The summed E-state index contributed by atoms with van der Waals surface area (Å²) in [6.45, 7) is 4.69. The predicted octanol–water partition coefficient (Wildman–Crippen LogP) is -2.16. The first-order chi connectivity index (χ1) is 13.4. The molecule has 162 valence electrons. The van der Waals surface area contributed by atoms with Crippen molar-refractivity contribution in [2.45, 2.75) is 75.0 Å². The summed E-state index contributed by atoms with van der Waals surface area (Å²) in [7, 11) is 0. The van der Waals surface area contributed by atoms with Gasteiger partial charge in [0.1, 0.15) is 23.4 Å². The van der Waals surface area contributed by atoms with E-state index in [2.05, 4.69) is 0 Å². The quantitative estimate of drug-likeness (QED) is 0.193. The summed E-state index contributed by atoms with van der Waals surface area (Å²) in [6, 6.07) is 0. The minimum atomic E-state index is -2.24. The van der Waals surface area contributed by atoms with Crippen molar-refractivity contribution in [2.24, 2.45) is 22.7 Å².